The van der Waals surface area contributed by atoms with Gasteiger partial charge in [0.25, 0.3) is 0 Å². The highest BCUT2D eigenvalue weighted by Gasteiger charge is 2.21. The lowest BCUT2D eigenvalue weighted by Crippen LogP contribution is -1.99. The second-order valence-corrected chi connectivity index (χ2v) is 23.9. The number of aromatic hydroxyl groups is 6. The van der Waals surface area contributed by atoms with Gasteiger partial charge in [0.2, 0.25) is 0 Å². The van der Waals surface area contributed by atoms with Crippen molar-refractivity contribution in [3.05, 3.63) is 140 Å². The number of hydrogen-bond acceptors (Lipinski definition) is 6. The Bertz CT molecular complexity index is 2780. The fourth-order valence-corrected chi connectivity index (χ4v) is 10.7. The number of phenols is 6. The van der Waals surface area contributed by atoms with E-state index < -0.39 is 0 Å². The second kappa shape index (κ2) is 29.9. The van der Waals surface area contributed by atoms with Gasteiger partial charge in [0.05, 0.1) is 0 Å². The van der Waals surface area contributed by atoms with Crippen molar-refractivity contribution in [2.24, 2.45) is 0 Å². The van der Waals surface area contributed by atoms with Gasteiger partial charge in [-0.05, 0) is 247 Å². The summed E-state index contributed by atoms with van der Waals surface area (Å²) < 4.78 is 0. The molecule has 0 bridgehead atoms. The van der Waals surface area contributed by atoms with Crippen molar-refractivity contribution in [2.45, 2.75) is 237 Å². The van der Waals surface area contributed by atoms with Crippen molar-refractivity contribution in [3.63, 3.8) is 0 Å². The van der Waals surface area contributed by atoms with Gasteiger partial charge >= 0.3 is 0 Å². The molecule has 6 aromatic carbocycles. The maximum absolute atomic E-state index is 10.7. The first-order valence-electron chi connectivity index (χ1n) is 30.0. The van der Waals surface area contributed by atoms with E-state index in [9.17, 15) is 30.6 Å². The van der Waals surface area contributed by atoms with Crippen molar-refractivity contribution >= 4 is 0 Å². The summed E-state index contributed by atoms with van der Waals surface area (Å²) in [5.74, 6) is 4.24. The molecule has 78 heavy (non-hydrogen) atoms. The molecule has 0 saturated carbocycles. The predicted octanol–water partition coefficient (Wildman–Crippen LogP) is 20.7. The molecule has 6 N–H and O–H groups in total. The van der Waals surface area contributed by atoms with Crippen LogP contribution in [0.5, 0.6) is 34.5 Å². The quantitative estimate of drug-likeness (QED) is 0.0427. The van der Waals surface area contributed by atoms with Crippen molar-refractivity contribution < 1.29 is 30.6 Å². The molecule has 0 amide bonds. The van der Waals surface area contributed by atoms with E-state index >= 15 is 0 Å². The molecule has 0 unspecified atom stereocenters. The summed E-state index contributed by atoms with van der Waals surface area (Å²) in [6.07, 6.45) is 11.3. The third-order valence-electron chi connectivity index (χ3n) is 15.2. The molecule has 6 heteroatoms. The summed E-state index contributed by atoms with van der Waals surface area (Å²) in [4.78, 5) is 0. The maximum Gasteiger partial charge on any atom is 0.122 e. The number of aryl methyl sites for hydroxylation is 6. The summed E-state index contributed by atoms with van der Waals surface area (Å²) in [7, 11) is 0. The lowest BCUT2D eigenvalue weighted by Gasteiger charge is -2.20. The van der Waals surface area contributed by atoms with Crippen LogP contribution >= 0.6 is 0 Å². The SMILES string of the molecule is CCCc1cc(-c2cc(C(C)C)c(O)c(C(C)C)c2)cc(C(C)C)c1O.CCCc1cc(-c2cc(C(C)C)c(O)c(C(C)C)c2)cc(CCC)c1O.CCCc1cc(-c2cc(CCC)c(O)c(C(C)C)c2)cc(CCC)c1O. The van der Waals surface area contributed by atoms with Crippen molar-refractivity contribution in [1.29, 1.82) is 0 Å². The Balaban J connectivity index is 0.000000252. The van der Waals surface area contributed by atoms with E-state index in [2.05, 4.69) is 197 Å². The largest absolute Gasteiger partial charge is 0.507 e. The summed E-state index contributed by atoms with van der Waals surface area (Å²) in [5.41, 5.74) is 18.9. The third kappa shape index (κ3) is 16.1. The second-order valence-electron chi connectivity index (χ2n) is 23.9. The Morgan fingerprint density at radius 3 is 0.526 bits per heavy atom. The molecule has 0 fully saturated rings. The van der Waals surface area contributed by atoms with Crippen LogP contribution in [0.4, 0.5) is 0 Å². The molecule has 426 valence electrons. The van der Waals surface area contributed by atoms with E-state index in [1.165, 1.54) is 0 Å². The van der Waals surface area contributed by atoms with Gasteiger partial charge in [0, 0.05) is 0 Å². The Kier molecular flexibility index (Phi) is 24.8. The van der Waals surface area contributed by atoms with Crippen LogP contribution in [-0.4, -0.2) is 30.6 Å². The molecule has 0 atom stereocenters. The average molecular weight is 1060 g/mol. The highest BCUT2D eigenvalue weighted by atomic mass is 16.3. The van der Waals surface area contributed by atoms with Gasteiger partial charge in [0.15, 0.2) is 0 Å². The average Bonchev–Trinajstić information content (AvgIpc) is 3.42. The van der Waals surface area contributed by atoms with E-state index in [0.717, 1.165) is 177 Å². The first-order chi connectivity index (χ1) is 36.9. The molecule has 6 nitrogen and oxygen atoms in total. The summed E-state index contributed by atoms with van der Waals surface area (Å²) in [6, 6.07) is 25.4. The lowest BCUT2D eigenvalue weighted by molar-refractivity contribution is 0.454. The zero-order chi connectivity index (χ0) is 58.3. The van der Waals surface area contributed by atoms with Crippen molar-refractivity contribution in [2.75, 3.05) is 0 Å². The van der Waals surface area contributed by atoms with Crippen molar-refractivity contribution in [1.82, 2.24) is 0 Å². The molecule has 0 aliphatic heterocycles. The Morgan fingerprint density at radius 1 is 0.218 bits per heavy atom. The van der Waals surface area contributed by atoms with Crippen molar-refractivity contribution in [3.8, 4) is 67.9 Å². The normalized spacial score (nSPS) is 11.5. The fourth-order valence-electron chi connectivity index (χ4n) is 10.7. The minimum atomic E-state index is 0.254. The van der Waals surface area contributed by atoms with E-state index in [0.29, 0.717) is 34.5 Å². The van der Waals surface area contributed by atoms with Gasteiger partial charge in [-0.1, -0.05) is 163 Å². The van der Waals surface area contributed by atoms with Crippen LogP contribution in [0.1, 0.15) is 265 Å². The summed E-state index contributed by atoms with van der Waals surface area (Å²) in [5, 5.41) is 63.9. The van der Waals surface area contributed by atoms with Crippen LogP contribution in [0.3, 0.4) is 0 Å². The molecule has 0 aromatic heterocycles. The molecule has 0 aliphatic carbocycles. The van der Waals surface area contributed by atoms with Gasteiger partial charge in [-0.3, -0.25) is 0 Å². The summed E-state index contributed by atoms with van der Waals surface area (Å²) >= 11 is 0. The van der Waals surface area contributed by atoms with Crippen LogP contribution in [0.25, 0.3) is 33.4 Å². The Morgan fingerprint density at radius 2 is 0.359 bits per heavy atom. The zero-order valence-electron chi connectivity index (χ0n) is 51.6. The number of rotatable bonds is 21. The van der Waals surface area contributed by atoms with Gasteiger partial charge in [-0.2, -0.15) is 0 Å². The highest BCUT2D eigenvalue weighted by Crippen LogP contribution is 2.43. The molecule has 0 spiro atoms. The molecular formula is C72H102O6. The summed E-state index contributed by atoms with van der Waals surface area (Å²) in [6.45, 7) is 38.2. The topological polar surface area (TPSA) is 121 Å². The first kappa shape index (κ1) is 64.6. The minimum absolute atomic E-state index is 0.254. The molecule has 6 aromatic rings. The van der Waals surface area contributed by atoms with E-state index in [-0.39, 0.29) is 35.5 Å². The van der Waals surface area contributed by atoms with E-state index in [1.807, 2.05) is 0 Å². The van der Waals surface area contributed by atoms with Gasteiger partial charge in [0.1, 0.15) is 34.5 Å². The Labute approximate surface area is 473 Å². The predicted molar refractivity (Wildman–Crippen MR) is 334 cm³/mol. The smallest absolute Gasteiger partial charge is 0.122 e. The van der Waals surface area contributed by atoms with Gasteiger partial charge < -0.3 is 30.6 Å². The standard InChI is InChI=1S/3C24H34O2/c1-8-9-17-10-18(11-20(14(2)3)23(17)25)19-12-21(15(4)5)24(26)22(13-19)16(6)7;1-7-9-17-11-19(12-18(10-8-2)23(17)25)20-13-21(15(3)4)24(26)22(14-20)16(5)6;1-6-9-17-12-20(13-18(10-7-2)23(17)25)21-14-19(11-8-3)24(26)22(15-21)16(4)5/h10-16,25-26H,8-9H2,1-7H3;11-16,25-26H,7-10H2,1-6H3;12-16,25-26H,6-11H2,1-5H3. The van der Waals surface area contributed by atoms with Crippen LogP contribution in [-0.2, 0) is 38.5 Å². The molecule has 0 heterocycles. The highest BCUT2D eigenvalue weighted by molar-refractivity contribution is 5.74. The van der Waals surface area contributed by atoms with Crippen LogP contribution in [0.15, 0.2) is 72.8 Å². The van der Waals surface area contributed by atoms with Crippen LogP contribution in [0, 0.1) is 0 Å². The van der Waals surface area contributed by atoms with Crippen LogP contribution in [0.2, 0.25) is 0 Å². The molecule has 0 saturated heterocycles. The number of hydrogen-bond donors (Lipinski definition) is 6. The lowest BCUT2D eigenvalue weighted by atomic mass is 9.87. The van der Waals surface area contributed by atoms with Gasteiger partial charge in [-0.25, -0.2) is 0 Å². The molecule has 0 radical (unpaired) electrons. The van der Waals surface area contributed by atoms with Crippen LogP contribution < -0.4 is 0 Å². The first-order valence-corrected chi connectivity index (χ1v) is 30.0. The monoisotopic (exact) mass is 1060 g/mol. The van der Waals surface area contributed by atoms with E-state index in [1.54, 1.807) is 0 Å². The van der Waals surface area contributed by atoms with E-state index in [4.69, 9.17) is 0 Å². The Hall–Kier alpha value is -5.88. The third-order valence-corrected chi connectivity index (χ3v) is 15.2. The minimum Gasteiger partial charge on any atom is -0.507 e. The number of phenolic OH excluding ortho intramolecular Hbond substituents is 6. The molecule has 6 rings (SSSR count). The fraction of sp³-hybridized carbons (Fsp3) is 0.500. The maximum atomic E-state index is 10.7. The molecular weight excluding hydrogens is 961 g/mol. The zero-order valence-corrected chi connectivity index (χ0v) is 51.6. The molecule has 0 aliphatic rings. The van der Waals surface area contributed by atoms with Gasteiger partial charge in [-0.15, -0.1) is 0 Å². The number of benzene rings is 6.